The highest BCUT2D eigenvalue weighted by Gasteiger charge is 2.29. The molecule has 5 atom stereocenters. The summed E-state index contributed by atoms with van der Waals surface area (Å²) >= 11 is 0. The molecule has 490 valence electrons. The summed E-state index contributed by atoms with van der Waals surface area (Å²) in [5, 5.41) is 20.5. The molecule has 18 heteroatoms. The van der Waals surface area contributed by atoms with E-state index >= 15 is 0 Å². The largest absolute Gasteiger partial charge is 0.472 e. The van der Waals surface area contributed by atoms with Gasteiger partial charge in [0.15, 0.2) is 6.10 Å². The predicted octanol–water partition coefficient (Wildman–Crippen LogP) is 17.5. The lowest BCUT2D eigenvalue weighted by Gasteiger charge is -2.21. The highest BCUT2D eigenvalue weighted by molar-refractivity contribution is 7.47. The van der Waals surface area contributed by atoms with Gasteiger partial charge in [0.25, 0.3) is 0 Å². The number of carbonyl (C=O) groups is 3. The van der Waals surface area contributed by atoms with Gasteiger partial charge < -0.3 is 34.2 Å². The van der Waals surface area contributed by atoms with E-state index in [1.807, 2.05) is 0 Å². The van der Waals surface area contributed by atoms with E-state index in [0.717, 1.165) is 141 Å². The van der Waals surface area contributed by atoms with Gasteiger partial charge in [-0.2, -0.15) is 0 Å². The number of esters is 3. The van der Waals surface area contributed by atoms with Crippen molar-refractivity contribution < 1.29 is 75.8 Å². The number of allylic oxidation sites excluding steroid dienone is 16. The number of hydrogen-bond acceptors (Lipinski definition) is 14. The molecule has 0 aliphatic rings. The van der Waals surface area contributed by atoms with Gasteiger partial charge in [0.05, 0.1) is 26.4 Å². The van der Waals surface area contributed by atoms with E-state index in [9.17, 15) is 43.5 Å². The number of aliphatic hydroxyl groups is 2. The molecule has 0 spiro atoms. The summed E-state index contributed by atoms with van der Waals surface area (Å²) in [5.41, 5.74) is 0. The Bertz CT molecular complexity index is 1940. The van der Waals surface area contributed by atoms with Crippen LogP contribution in [0.3, 0.4) is 0 Å². The van der Waals surface area contributed by atoms with Crippen LogP contribution in [0.25, 0.3) is 0 Å². The summed E-state index contributed by atoms with van der Waals surface area (Å²) in [4.78, 5) is 58.2. The molecule has 0 saturated heterocycles. The maximum Gasteiger partial charge on any atom is 0.472 e. The molecule has 0 saturated carbocycles. The summed E-state index contributed by atoms with van der Waals surface area (Å²) in [7, 11) is -9.78. The normalized spacial score (nSPS) is 15.0. The zero-order valence-electron chi connectivity index (χ0n) is 52.8. The second kappa shape index (κ2) is 60.7. The molecule has 0 aromatic heterocycles. The minimum atomic E-state index is -4.93. The maximum atomic E-state index is 12.9. The molecule has 0 amide bonds. The highest BCUT2D eigenvalue weighted by atomic mass is 31.2. The number of ether oxygens (including phenoxy) is 3. The average Bonchev–Trinajstić information content (AvgIpc) is 3.51. The Morgan fingerprint density at radius 1 is 0.341 bits per heavy atom. The number of carbonyl (C=O) groups excluding carboxylic acids is 3. The SMILES string of the molecule is CC/C=C\C/C=C\C/C=C\C/C=C\CCCCCCC(=O)OCC(COP(=O)(O)OCC(O)COP(=O)(O)OCC(O)COC(=O)CCCCCCCC/C=C\C/C=C\C/C=C\CCCCC)OC(=O)CCCCCCC/C=C\CCCCCC. The first kappa shape index (κ1) is 81.5. The molecule has 0 bridgehead atoms. The van der Waals surface area contributed by atoms with Gasteiger partial charge >= 0.3 is 33.6 Å². The third-order valence-corrected chi connectivity index (χ3v) is 15.2. The topological polar surface area (TPSA) is 231 Å². The molecule has 85 heavy (non-hydrogen) atoms. The van der Waals surface area contributed by atoms with Gasteiger partial charge in [0, 0.05) is 19.3 Å². The molecule has 0 rings (SSSR count). The van der Waals surface area contributed by atoms with E-state index < -0.39 is 91.5 Å². The second-order valence-electron chi connectivity index (χ2n) is 21.5. The van der Waals surface area contributed by atoms with Gasteiger partial charge in [0.2, 0.25) is 0 Å². The molecule has 0 radical (unpaired) electrons. The van der Waals surface area contributed by atoms with E-state index in [-0.39, 0.29) is 19.3 Å². The van der Waals surface area contributed by atoms with Crippen LogP contribution in [0.5, 0.6) is 0 Å². The number of phosphoric ester groups is 2. The molecular formula is C67H116O16P2. The number of aliphatic hydroxyl groups excluding tert-OH is 2. The van der Waals surface area contributed by atoms with E-state index in [4.69, 9.17) is 32.3 Å². The van der Waals surface area contributed by atoms with Gasteiger partial charge in [-0.25, -0.2) is 9.13 Å². The molecule has 4 N–H and O–H groups in total. The van der Waals surface area contributed by atoms with Crippen LogP contribution < -0.4 is 0 Å². The Balaban J connectivity index is 4.69. The van der Waals surface area contributed by atoms with Crippen LogP contribution >= 0.6 is 15.6 Å². The molecule has 0 aromatic rings. The molecule has 16 nitrogen and oxygen atoms in total. The first-order valence-corrected chi connectivity index (χ1v) is 35.5. The lowest BCUT2D eigenvalue weighted by molar-refractivity contribution is -0.161. The third kappa shape index (κ3) is 61.9. The van der Waals surface area contributed by atoms with E-state index in [2.05, 4.69) is 118 Å². The van der Waals surface area contributed by atoms with Crippen molar-refractivity contribution in [1.82, 2.24) is 0 Å². The smallest absolute Gasteiger partial charge is 0.463 e. The maximum absolute atomic E-state index is 12.9. The Morgan fingerprint density at radius 3 is 1.02 bits per heavy atom. The van der Waals surface area contributed by atoms with Gasteiger partial charge in [0.1, 0.15) is 25.4 Å². The first-order valence-electron chi connectivity index (χ1n) is 32.5. The van der Waals surface area contributed by atoms with Gasteiger partial charge in [-0.1, -0.05) is 208 Å². The van der Waals surface area contributed by atoms with E-state index in [1.54, 1.807) is 0 Å². The minimum Gasteiger partial charge on any atom is -0.463 e. The number of rotatable bonds is 61. The van der Waals surface area contributed by atoms with Crippen LogP contribution in [0, 0.1) is 0 Å². The Labute approximate surface area is 514 Å². The fourth-order valence-electron chi connectivity index (χ4n) is 8.27. The van der Waals surface area contributed by atoms with Crippen molar-refractivity contribution in [3.8, 4) is 0 Å². The van der Waals surface area contributed by atoms with Crippen molar-refractivity contribution in [3.05, 3.63) is 97.2 Å². The Hall–Kier alpha value is -3.53. The van der Waals surface area contributed by atoms with Crippen molar-refractivity contribution in [3.63, 3.8) is 0 Å². The van der Waals surface area contributed by atoms with Crippen molar-refractivity contribution in [2.24, 2.45) is 0 Å². The van der Waals surface area contributed by atoms with Crippen LogP contribution in [-0.2, 0) is 55.8 Å². The minimum absolute atomic E-state index is 0.0872. The quantitative estimate of drug-likeness (QED) is 0.0146. The van der Waals surface area contributed by atoms with Crippen LogP contribution in [0.1, 0.15) is 252 Å². The molecule has 0 fully saturated rings. The molecule has 0 aliphatic heterocycles. The summed E-state index contributed by atoms with van der Waals surface area (Å²) in [6, 6.07) is 0. The standard InChI is InChI=1S/C67H116O16P2/c1-4-7-10-13-16-19-22-25-27-29-30-32-34-36-38-41-44-47-50-53-65(70)77-56-62(68)57-79-84(73,74)80-58-63(69)59-81-85(75,76)82-61-64(83-67(72)55-52-49-46-43-40-35-24-21-18-15-12-9-6-3)60-78-66(71)54-51-48-45-42-39-37-33-31-28-26-23-20-17-14-11-8-5-2/h8,11,16-17,19-21,24-28,30,32-33,37,62-64,68-69H,4-7,9-10,12-15,18,22-23,29,31,34-36,38-61H2,1-3H3,(H,73,74)(H,75,76)/b11-8-,19-16-,20-17-,24-21-,27-25-,28-26-,32-30-,37-33-. The van der Waals surface area contributed by atoms with Gasteiger partial charge in [-0.05, 0) is 122 Å². The number of phosphoric acid groups is 2. The number of hydrogen-bond donors (Lipinski definition) is 4. The first-order chi connectivity index (χ1) is 41.2. The monoisotopic (exact) mass is 1240 g/mol. The average molecular weight is 1240 g/mol. The predicted molar refractivity (Wildman–Crippen MR) is 344 cm³/mol. The lowest BCUT2D eigenvalue weighted by Crippen LogP contribution is -2.30. The second-order valence-corrected chi connectivity index (χ2v) is 24.4. The third-order valence-electron chi connectivity index (χ3n) is 13.3. The van der Waals surface area contributed by atoms with Crippen molar-refractivity contribution in [1.29, 1.82) is 0 Å². The summed E-state index contributed by atoms with van der Waals surface area (Å²) in [6.45, 7) is 2.44. The Kier molecular flexibility index (Phi) is 58.2. The fraction of sp³-hybridized carbons (Fsp3) is 0.716. The molecule has 5 unspecified atom stereocenters. The fourth-order valence-corrected chi connectivity index (χ4v) is 9.85. The van der Waals surface area contributed by atoms with Crippen molar-refractivity contribution in [2.75, 3.05) is 39.6 Å². The summed E-state index contributed by atoms with van der Waals surface area (Å²) < 4.78 is 60.7. The molecule has 0 heterocycles. The van der Waals surface area contributed by atoms with Gasteiger partial charge in [-0.15, -0.1) is 0 Å². The van der Waals surface area contributed by atoms with Crippen molar-refractivity contribution >= 4 is 33.6 Å². The summed E-state index contributed by atoms with van der Waals surface area (Å²) in [6.07, 6.45) is 64.6. The molecular weight excluding hydrogens is 1120 g/mol. The van der Waals surface area contributed by atoms with Crippen molar-refractivity contribution in [2.45, 2.75) is 270 Å². The molecule has 0 aliphatic carbocycles. The highest BCUT2D eigenvalue weighted by Crippen LogP contribution is 2.45. The van der Waals surface area contributed by atoms with Crippen LogP contribution in [0.4, 0.5) is 0 Å². The van der Waals surface area contributed by atoms with E-state index in [1.165, 1.54) is 51.4 Å². The molecule has 0 aromatic carbocycles. The summed E-state index contributed by atoms with van der Waals surface area (Å²) in [5.74, 6) is -1.63. The lowest BCUT2D eigenvalue weighted by atomic mass is 10.1. The Morgan fingerprint density at radius 2 is 0.624 bits per heavy atom. The van der Waals surface area contributed by atoms with Crippen LogP contribution in [0.2, 0.25) is 0 Å². The zero-order valence-corrected chi connectivity index (χ0v) is 54.5. The number of unbranched alkanes of at least 4 members (excludes halogenated alkanes) is 22. The zero-order chi connectivity index (χ0) is 62.4. The van der Waals surface area contributed by atoms with E-state index in [0.29, 0.717) is 19.3 Å². The van der Waals surface area contributed by atoms with Crippen LogP contribution in [-0.4, -0.2) is 95.9 Å². The van der Waals surface area contributed by atoms with Crippen LogP contribution in [0.15, 0.2) is 97.2 Å². The van der Waals surface area contributed by atoms with Gasteiger partial charge in [-0.3, -0.25) is 32.5 Å².